The van der Waals surface area contributed by atoms with Crippen molar-refractivity contribution < 1.29 is 0 Å². The molecule has 0 aliphatic carbocycles. The molecule has 1 fully saturated rings. The third kappa shape index (κ3) is 2.17. The van der Waals surface area contributed by atoms with Crippen LogP contribution in [0.4, 0.5) is 5.13 Å². The van der Waals surface area contributed by atoms with Gasteiger partial charge < -0.3 is 4.90 Å². The number of hydrogen-bond acceptors (Lipinski definition) is 4. The summed E-state index contributed by atoms with van der Waals surface area (Å²) in [6.45, 7) is 1.04. The molecule has 1 atom stereocenters. The molecule has 17 heavy (non-hydrogen) atoms. The summed E-state index contributed by atoms with van der Waals surface area (Å²) in [5.74, 6) is 0. The second-order valence-corrected chi connectivity index (χ2v) is 5.80. The van der Waals surface area contributed by atoms with Crippen molar-refractivity contribution in [3.05, 3.63) is 28.5 Å². The Kier molecular flexibility index (Phi) is 3.03. The first kappa shape index (κ1) is 11.0. The van der Waals surface area contributed by atoms with Gasteiger partial charge in [0.15, 0.2) is 5.13 Å². The van der Waals surface area contributed by atoms with Crippen molar-refractivity contribution in [2.45, 2.75) is 25.3 Å². The molecule has 0 spiro atoms. The van der Waals surface area contributed by atoms with E-state index in [0.717, 1.165) is 28.1 Å². The SMILES string of the molecule is Clc1cnc(N2CCCCC2c2ccn[nH]2)s1. The fourth-order valence-corrected chi connectivity index (χ4v) is 3.29. The molecule has 90 valence electrons. The van der Waals surface area contributed by atoms with Gasteiger partial charge in [-0.15, -0.1) is 0 Å². The summed E-state index contributed by atoms with van der Waals surface area (Å²) < 4.78 is 0.744. The van der Waals surface area contributed by atoms with Crippen LogP contribution in [0.3, 0.4) is 0 Å². The molecule has 0 radical (unpaired) electrons. The highest BCUT2D eigenvalue weighted by molar-refractivity contribution is 7.19. The van der Waals surface area contributed by atoms with Gasteiger partial charge in [-0.3, -0.25) is 5.10 Å². The van der Waals surface area contributed by atoms with Crippen molar-refractivity contribution in [3.63, 3.8) is 0 Å². The number of halogens is 1. The zero-order valence-electron chi connectivity index (χ0n) is 9.27. The molecule has 3 rings (SSSR count). The van der Waals surface area contributed by atoms with Crippen LogP contribution in [0.15, 0.2) is 18.5 Å². The highest BCUT2D eigenvalue weighted by Crippen LogP contribution is 2.37. The van der Waals surface area contributed by atoms with Crippen LogP contribution in [-0.2, 0) is 0 Å². The lowest BCUT2D eigenvalue weighted by Gasteiger charge is -2.34. The number of aromatic nitrogens is 3. The Morgan fingerprint density at radius 2 is 2.41 bits per heavy atom. The van der Waals surface area contributed by atoms with Crippen molar-refractivity contribution >= 4 is 28.1 Å². The monoisotopic (exact) mass is 268 g/mol. The summed E-state index contributed by atoms with van der Waals surface area (Å²) in [5, 5.41) is 8.11. The normalized spacial score (nSPS) is 20.8. The Balaban J connectivity index is 1.90. The van der Waals surface area contributed by atoms with Gasteiger partial charge in [0.05, 0.1) is 17.9 Å². The Hall–Kier alpha value is -1.07. The Labute approximate surface area is 109 Å². The van der Waals surface area contributed by atoms with E-state index in [4.69, 9.17) is 11.6 Å². The third-order valence-corrected chi connectivity index (χ3v) is 4.25. The van der Waals surface area contributed by atoms with E-state index < -0.39 is 0 Å². The van der Waals surface area contributed by atoms with Gasteiger partial charge in [0, 0.05) is 12.7 Å². The van der Waals surface area contributed by atoms with Gasteiger partial charge in [0.2, 0.25) is 0 Å². The predicted molar refractivity (Wildman–Crippen MR) is 69.6 cm³/mol. The quantitative estimate of drug-likeness (QED) is 0.909. The number of thiazole rings is 1. The molecule has 0 saturated carbocycles. The summed E-state index contributed by atoms with van der Waals surface area (Å²) in [6.07, 6.45) is 7.12. The maximum Gasteiger partial charge on any atom is 0.187 e. The third-order valence-electron chi connectivity index (χ3n) is 3.10. The molecule has 0 bridgehead atoms. The van der Waals surface area contributed by atoms with E-state index in [1.807, 2.05) is 6.07 Å². The average molecular weight is 269 g/mol. The number of H-pyrrole nitrogens is 1. The number of nitrogens with zero attached hydrogens (tertiary/aromatic N) is 3. The van der Waals surface area contributed by atoms with Gasteiger partial charge in [-0.1, -0.05) is 22.9 Å². The van der Waals surface area contributed by atoms with Crippen LogP contribution >= 0.6 is 22.9 Å². The van der Waals surface area contributed by atoms with Crippen molar-refractivity contribution in [1.29, 1.82) is 0 Å². The number of aromatic amines is 1. The zero-order chi connectivity index (χ0) is 11.7. The highest BCUT2D eigenvalue weighted by Gasteiger charge is 2.26. The molecule has 1 unspecified atom stereocenters. The summed E-state index contributed by atoms with van der Waals surface area (Å²) in [7, 11) is 0. The molecule has 0 aromatic carbocycles. The molecule has 1 saturated heterocycles. The molecule has 1 aliphatic heterocycles. The van der Waals surface area contributed by atoms with Crippen LogP contribution in [0.5, 0.6) is 0 Å². The number of piperidine rings is 1. The highest BCUT2D eigenvalue weighted by atomic mass is 35.5. The fourth-order valence-electron chi connectivity index (χ4n) is 2.31. The summed E-state index contributed by atoms with van der Waals surface area (Å²) in [4.78, 5) is 6.70. The van der Waals surface area contributed by atoms with Crippen LogP contribution in [0.25, 0.3) is 0 Å². The van der Waals surface area contributed by atoms with Gasteiger partial charge >= 0.3 is 0 Å². The Morgan fingerprint density at radius 1 is 1.47 bits per heavy atom. The fraction of sp³-hybridized carbons (Fsp3) is 0.455. The van der Waals surface area contributed by atoms with E-state index in [2.05, 4.69) is 20.1 Å². The van der Waals surface area contributed by atoms with E-state index >= 15 is 0 Å². The van der Waals surface area contributed by atoms with E-state index in [9.17, 15) is 0 Å². The first-order valence-electron chi connectivity index (χ1n) is 5.72. The molecule has 3 heterocycles. The average Bonchev–Trinajstić information content (AvgIpc) is 3.00. The lowest BCUT2D eigenvalue weighted by molar-refractivity contribution is 0.464. The second-order valence-electron chi connectivity index (χ2n) is 4.16. The second kappa shape index (κ2) is 4.66. The number of rotatable bonds is 2. The van der Waals surface area contributed by atoms with E-state index in [-0.39, 0.29) is 0 Å². The molecule has 2 aromatic rings. The van der Waals surface area contributed by atoms with E-state index in [1.54, 1.807) is 23.7 Å². The van der Waals surface area contributed by atoms with Crippen LogP contribution in [0.2, 0.25) is 4.34 Å². The van der Waals surface area contributed by atoms with Gasteiger partial charge in [0.1, 0.15) is 4.34 Å². The van der Waals surface area contributed by atoms with E-state index in [0.29, 0.717) is 6.04 Å². The molecule has 4 nitrogen and oxygen atoms in total. The van der Waals surface area contributed by atoms with Gasteiger partial charge in [-0.25, -0.2) is 4.98 Å². The Bertz CT molecular complexity index is 481. The van der Waals surface area contributed by atoms with Gasteiger partial charge in [-0.05, 0) is 25.3 Å². The lowest BCUT2D eigenvalue weighted by Crippen LogP contribution is -2.33. The van der Waals surface area contributed by atoms with Crippen LogP contribution in [-0.4, -0.2) is 21.7 Å². The topological polar surface area (TPSA) is 44.8 Å². The molecule has 2 aromatic heterocycles. The van der Waals surface area contributed by atoms with Crippen LogP contribution in [0.1, 0.15) is 31.0 Å². The zero-order valence-corrected chi connectivity index (χ0v) is 10.8. The minimum atomic E-state index is 0.355. The maximum absolute atomic E-state index is 5.96. The van der Waals surface area contributed by atoms with Gasteiger partial charge in [0.25, 0.3) is 0 Å². The first-order chi connectivity index (χ1) is 8.34. The summed E-state index contributed by atoms with van der Waals surface area (Å²) in [5.41, 5.74) is 1.16. The molecule has 1 aliphatic rings. The van der Waals surface area contributed by atoms with Crippen molar-refractivity contribution in [2.24, 2.45) is 0 Å². The van der Waals surface area contributed by atoms with Crippen molar-refractivity contribution in [2.75, 3.05) is 11.4 Å². The summed E-state index contributed by atoms with van der Waals surface area (Å²) in [6, 6.07) is 2.39. The van der Waals surface area contributed by atoms with Crippen LogP contribution in [0, 0.1) is 0 Å². The van der Waals surface area contributed by atoms with Crippen LogP contribution < -0.4 is 4.90 Å². The molecule has 1 N–H and O–H groups in total. The largest absolute Gasteiger partial charge is 0.339 e. The number of hydrogen-bond donors (Lipinski definition) is 1. The number of anilines is 1. The smallest absolute Gasteiger partial charge is 0.187 e. The number of nitrogens with one attached hydrogen (secondary N) is 1. The maximum atomic E-state index is 5.96. The minimum Gasteiger partial charge on any atom is -0.339 e. The first-order valence-corrected chi connectivity index (χ1v) is 6.91. The summed E-state index contributed by atoms with van der Waals surface area (Å²) >= 11 is 7.50. The van der Waals surface area contributed by atoms with Crippen molar-refractivity contribution in [3.8, 4) is 0 Å². The van der Waals surface area contributed by atoms with Gasteiger partial charge in [-0.2, -0.15) is 5.10 Å². The standard InChI is InChI=1S/C11H13ClN4S/c12-10-7-13-11(17-10)16-6-2-1-3-9(16)8-4-5-14-15-8/h4-5,7,9H,1-3,6H2,(H,14,15). The minimum absolute atomic E-state index is 0.355. The molecule has 0 amide bonds. The predicted octanol–water partition coefficient (Wildman–Crippen LogP) is 3.25. The Morgan fingerprint density at radius 3 is 3.12 bits per heavy atom. The van der Waals surface area contributed by atoms with E-state index in [1.165, 1.54) is 12.8 Å². The molecule has 6 heteroatoms. The molecular formula is C11H13ClN4S. The molecular weight excluding hydrogens is 256 g/mol. The lowest BCUT2D eigenvalue weighted by atomic mass is 10.0. The van der Waals surface area contributed by atoms with Crippen molar-refractivity contribution in [1.82, 2.24) is 15.2 Å².